The van der Waals surface area contributed by atoms with Crippen molar-refractivity contribution in [1.29, 1.82) is 0 Å². The summed E-state index contributed by atoms with van der Waals surface area (Å²) in [6.07, 6.45) is 5.52. The Balaban J connectivity index is 1.72. The smallest absolute Gasteiger partial charge is 0.00220 e. The molecule has 0 aromatic heterocycles. The topological polar surface area (TPSA) is 3.24 Å². The summed E-state index contributed by atoms with van der Waals surface area (Å²) < 4.78 is 0. The molecule has 17 heavy (non-hydrogen) atoms. The first-order valence-corrected chi connectivity index (χ1v) is 7.13. The van der Waals surface area contributed by atoms with Gasteiger partial charge in [0.2, 0.25) is 0 Å². The van der Waals surface area contributed by atoms with Crippen LogP contribution in [-0.2, 0) is 6.42 Å². The minimum Gasteiger partial charge on any atom is -0.303 e. The highest BCUT2D eigenvalue weighted by molar-refractivity contribution is 5.30. The quantitative estimate of drug-likeness (QED) is 0.751. The average Bonchev–Trinajstić information content (AvgIpc) is 3.14. The molecule has 0 spiro atoms. The molecule has 1 aromatic rings. The molecule has 1 aliphatic carbocycles. The van der Waals surface area contributed by atoms with Crippen LogP contribution in [-0.4, -0.2) is 24.5 Å². The Bertz CT molecular complexity index is 381. The molecule has 0 bridgehead atoms. The zero-order valence-corrected chi connectivity index (χ0v) is 10.9. The summed E-state index contributed by atoms with van der Waals surface area (Å²) in [7, 11) is 0. The van der Waals surface area contributed by atoms with Gasteiger partial charge in [0, 0.05) is 13.1 Å². The van der Waals surface area contributed by atoms with Gasteiger partial charge in [-0.05, 0) is 55.2 Å². The average molecular weight is 229 g/mol. The molecule has 1 unspecified atom stereocenters. The van der Waals surface area contributed by atoms with Crippen molar-refractivity contribution in [3.63, 3.8) is 0 Å². The van der Waals surface area contributed by atoms with Gasteiger partial charge in [-0.1, -0.05) is 31.2 Å². The van der Waals surface area contributed by atoms with Crippen molar-refractivity contribution in [3.8, 4) is 0 Å². The molecular formula is C16H23N. The van der Waals surface area contributed by atoms with E-state index in [4.69, 9.17) is 0 Å². The molecule has 92 valence electrons. The summed E-state index contributed by atoms with van der Waals surface area (Å²) in [5.74, 6) is 1.76. The standard InChI is InChI=1S/C16H23N/c1-13-8-10-17(12-14-6-7-14)11-9-15-4-2-3-5-16(13)15/h2-5,13-14H,6-12H2,1H3. The second-order valence-corrected chi connectivity index (χ2v) is 5.88. The second-order valence-electron chi connectivity index (χ2n) is 5.88. The van der Waals surface area contributed by atoms with E-state index < -0.39 is 0 Å². The van der Waals surface area contributed by atoms with Crippen LogP contribution >= 0.6 is 0 Å². The molecule has 1 heteroatoms. The van der Waals surface area contributed by atoms with Gasteiger partial charge in [-0.15, -0.1) is 0 Å². The molecule has 1 nitrogen and oxygen atoms in total. The van der Waals surface area contributed by atoms with Crippen LogP contribution in [0.1, 0.15) is 43.2 Å². The van der Waals surface area contributed by atoms with Gasteiger partial charge in [0.25, 0.3) is 0 Å². The van der Waals surface area contributed by atoms with Gasteiger partial charge in [-0.2, -0.15) is 0 Å². The predicted molar refractivity (Wildman–Crippen MR) is 72.3 cm³/mol. The first-order valence-electron chi connectivity index (χ1n) is 7.13. The first-order chi connectivity index (χ1) is 8.33. The minimum atomic E-state index is 0.730. The molecule has 0 saturated heterocycles. The number of rotatable bonds is 2. The molecule has 1 aliphatic heterocycles. The van der Waals surface area contributed by atoms with Crippen LogP contribution in [0, 0.1) is 5.92 Å². The Morgan fingerprint density at radius 2 is 1.94 bits per heavy atom. The van der Waals surface area contributed by atoms with Crippen LogP contribution in [0.5, 0.6) is 0 Å². The van der Waals surface area contributed by atoms with Crippen molar-refractivity contribution in [2.24, 2.45) is 5.92 Å². The van der Waals surface area contributed by atoms with Gasteiger partial charge in [0.05, 0.1) is 0 Å². The predicted octanol–water partition coefficient (Wildman–Crippen LogP) is 3.45. The molecule has 1 aromatic carbocycles. The zero-order chi connectivity index (χ0) is 11.7. The van der Waals surface area contributed by atoms with Crippen LogP contribution in [0.15, 0.2) is 24.3 Å². The second kappa shape index (κ2) is 4.81. The fraction of sp³-hybridized carbons (Fsp3) is 0.625. The van der Waals surface area contributed by atoms with E-state index in [1.54, 1.807) is 11.1 Å². The number of fused-ring (bicyclic) bond motifs is 1. The Morgan fingerprint density at radius 3 is 2.76 bits per heavy atom. The van der Waals surface area contributed by atoms with Crippen molar-refractivity contribution < 1.29 is 0 Å². The Morgan fingerprint density at radius 1 is 1.12 bits per heavy atom. The molecular weight excluding hydrogens is 206 g/mol. The lowest BCUT2D eigenvalue weighted by Gasteiger charge is -2.28. The van der Waals surface area contributed by atoms with E-state index in [1.165, 1.54) is 45.3 Å². The van der Waals surface area contributed by atoms with Crippen LogP contribution in [0.3, 0.4) is 0 Å². The third kappa shape index (κ3) is 2.71. The fourth-order valence-electron chi connectivity index (χ4n) is 3.01. The molecule has 0 amide bonds. The molecule has 2 aliphatic rings. The van der Waals surface area contributed by atoms with E-state index in [-0.39, 0.29) is 0 Å². The largest absolute Gasteiger partial charge is 0.303 e. The Labute approximate surface area is 105 Å². The zero-order valence-electron chi connectivity index (χ0n) is 10.9. The highest BCUT2D eigenvalue weighted by Gasteiger charge is 2.25. The van der Waals surface area contributed by atoms with Crippen LogP contribution in [0.2, 0.25) is 0 Å². The van der Waals surface area contributed by atoms with E-state index in [2.05, 4.69) is 36.1 Å². The molecule has 1 heterocycles. The maximum atomic E-state index is 2.70. The Kier molecular flexibility index (Phi) is 3.19. The van der Waals surface area contributed by atoms with E-state index in [9.17, 15) is 0 Å². The van der Waals surface area contributed by atoms with Gasteiger partial charge in [-0.3, -0.25) is 0 Å². The lowest BCUT2D eigenvalue weighted by molar-refractivity contribution is 0.251. The van der Waals surface area contributed by atoms with E-state index >= 15 is 0 Å². The summed E-state index contributed by atoms with van der Waals surface area (Å²) in [4.78, 5) is 2.70. The number of benzene rings is 1. The summed E-state index contributed by atoms with van der Waals surface area (Å²) in [5, 5.41) is 0. The minimum absolute atomic E-state index is 0.730. The third-order valence-corrected chi connectivity index (χ3v) is 4.38. The summed E-state index contributed by atoms with van der Waals surface area (Å²) in [6.45, 7) is 6.31. The lowest BCUT2D eigenvalue weighted by Crippen LogP contribution is -2.32. The molecule has 0 radical (unpaired) electrons. The molecule has 1 saturated carbocycles. The Hall–Kier alpha value is -0.820. The van der Waals surface area contributed by atoms with Crippen molar-refractivity contribution in [2.45, 2.75) is 38.5 Å². The fourth-order valence-corrected chi connectivity index (χ4v) is 3.01. The van der Waals surface area contributed by atoms with E-state index in [0.717, 1.165) is 11.8 Å². The normalized spacial score (nSPS) is 26.1. The van der Waals surface area contributed by atoms with Gasteiger partial charge in [0.1, 0.15) is 0 Å². The van der Waals surface area contributed by atoms with E-state index in [0.29, 0.717) is 0 Å². The van der Waals surface area contributed by atoms with Crippen LogP contribution < -0.4 is 0 Å². The van der Waals surface area contributed by atoms with Crippen LogP contribution in [0.4, 0.5) is 0 Å². The summed E-state index contributed by atoms with van der Waals surface area (Å²) >= 11 is 0. The summed E-state index contributed by atoms with van der Waals surface area (Å²) in [6, 6.07) is 9.04. The van der Waals surface area contributed by atoms with Crippen LogP contribution in [0.25, 0.3) is 0 Å². The maximum Gasteiger partial charge on any atom is 0.00220 e. The van der Waals surface area contributed by atoms with Gasteiger partial charge < -0.3 is 4.90 Å². The number of hydrogen-bond donors (Lipinski definition) is 0. The molecule has 1 fully saturated rings. The van der Waals surface area contributed by atoms with Crippen molar-refractivity contribution in [1.82, 2.24) is 4.90 Å². The SMILES string of the molecule is CC1CCN(CC2CC2)CCc2ccccc21. The van der Waals surface area contributed by atoms with Crippen molar-refractivity contribution in [3.05, 3.63) is 35.4 Å². The maximum absolute atomic E-state index is 2.70. The van der Waals surface area contributed by atoms with Crippen molar-refractivity contribution in [2.75, 3.05) is 19.6 Å². The third-order valence-electron chi connectivity index (χ3n) is 4.38. The number of hydrogen-bond acceptors (Lipinski definition) is 1. The van der Waals surface area contributed by atoms with Gasteiger partial charge >= 0.3 is 0 Å². The molecule has 0 N–H and O–H groups in total. The molecule has 1 atom stereocenters. The summed E-state index contributed by atoms with van der Waals surface area (Å²) in [5.41, 5.74) is 3.18. The number of nitrogens with zero attached hydrogens (tertiary/aromatic N) is 1. The lowest BCUT2D eigenvalue weighted by atomic mass is 9.90. The highest BCUT2D eigenvalue weighted by atomic mass is 15.1. The monoisotopic (exact) mass is 229 g/mol. The van der Waals surface area contributed by atoms with Gasteiger partial charge in [0.15, 0.2) is 0 Å². The highest BCUT2D eigenvalue weighted by Crippen LogP contribution is 2.31. The first kappa shape index (κ1) is 11.3. The van der Waals surface area contributed by atoms with Gasteiger partial charge in [-0.25, -0.2) is 0 Å². The van der Waals surface area contributed by atoms with Crippen molar-refractivity contribution >= 4 is 0 Å². The molecule has 3 rings (SSSR count). The van der Waals surface area contributed by atoms with E-state index in [1.807, 2.05) is 0 Å².